The van der Waals surface area contributed by atoms with Crippen LogP contribution in [-0.2, 0) is 14.4 Å². The van der Waals surface area contributed by atoms with E-state index in [2.05, 4.69) is 0 Å². The Morgan fingerprint density at radius 1 is 1.30 bits per heavy atom. The van der Waals surface area contributed by atoms with Crippen molar-refractivity contribution in [2.24, 2.45) is 0 Å². The molecule has 1 aliphatic rings. The molecule has 0 fully saturated rings. The van der Waals surface area contributed by atoms with Gasteiger partial charge in [-0.3, -0.25) is 14.4 Å². The second kappa shape index (κ2) is 2.06. The molecule has 0 aromatic rings. The van der Waals surface area contributed by atoms with Crippen molar-refractivity contribution in [3.63, 3.8) is 0 Å². The number of hydrogen-bond acceptors (Lipinski definition) is 3. The SMILES string of the molecule is CC(=O)N1C(=O)C=CC1=O. The number of carbonyl (C=O) groups is 3. The molecule has 0 saturated heterocycles. The van der Waals surface area contributed by atoms with Crippen molar-refractivity contribution in [3.8, 4) is 0 Å². The summed E-state index contributed by atoms with van der Waals surface area (Å²) in [6.45, 7) is 1.17. The van der Waals surface area contributed by atoms with E-state index in [0.717, 1.165) is 12.2 Å². The molecule has 0 spiro atoms. The third-order valence-electron chi connectivity index (χ3n) is 1.12. The minimum Gasteiger partial charge on any atom is -0.274 e. The monoisotopic (exact) mass is 139 g/mol. The second-order valence-electron chi connectivity index (χ2n) is 1.86. The maximum absolute atomic E-state index is 10.6. The molecule has 1 heterocycles. The van der Waals surface area contributed by atoms with Crippen LogP contribution in [0.15, 0.2) is 12.2 Å². The Balaban J connectivity index is 2.90. The van der Waals surface area contributed by atoms with Gasteiger partial charge in [0.15, 0.2) is 0 Å². The van der Waals surface area contributed by atoms with E-state index >= 15 is 0 Å². The van der Waals surface area contributed by atoms with Crippen LogP contribution in [0.2, 0.25) is 0 Å². The molecule has 0 saturated carbocycles. The van der Waals surface area contributed by atoms with E-state index in [1.54, 1.807) is 0 Å². The van der Waals surface area contributed by atoms with Crippen LogP contribution in [0.3, 0.4) is 0 Å². The van der Waals surface area contributed by atoms with Gasteiger partial charge in [-0.25, -0.2) is 4.90 Å². The van der Waals surface area contributed by atoms with Crippen molar-refractivity contribution in [1.82, 2.24) is 4.90 Å². The summed E-state index contributed by atoms with van der Waals surface area (Å²) in [4.78, 5) is 32.3. The molecule has 4 heteroatoms. The van der Waals surface area contributed by atoms with Crippen LogP contribution in [0, 0.1) is 0 Å². The lowest BCUT2D eigenvalue weighted by molar-refractivity contribution is -0.147. The highest BCUT2D eigenvalue weighted by molar-refractivity contribution is 6.22. The molecule has 1 aliphatic heterocycles. The third-order valence-corrected chi connectivity index (χ3v) is 1.12. The number of amides is 3. The molecule has 3 amide bonds. The van der Waals surface area contributed by atoms with Crippen LogP contribution >= 0.6 is 0 Å². The van der Waals surface area contributed by atoms with Crippen LogP contribution in [0.4, 0.5) is 0 Å². The molecule has 0 aliphatic carbocycles. The zero-order valence-electron chi connectivity index (χ0n) is 5.33. The van der Waals surface area contributed by atoms with Crippen LogP contribution < -0.4 is 0 Å². The predicted octanol–water partition coefficient (Wildman–Crippen LogP) is -0.542. The lowest BCUT2D eigenvalue weighted by atomic mass is 10.5. The van der Waals surface area contributed by atoms with Crippen LogP contribution in [0.1, 0.15) is 6.92 Å². The summed E-state index contributed by atoms with van der Waals surface area (Å²) >= 11 is 0. The number of hydrogen-bond donors (Lipinski definition) is 0. The van der Waals surface area contributed by atoms with E-state index in [0.29, 0.717) is 4.90 Å². The Morgan fingerprint density at radius 3 is 1.90 bits per heavy atom. The standard InChI is InChI=1S/C6H5NO3/c1-4(8)7-5(9)2-3-6(7)10/h2-3H,1H3. The van der Waals surface area contributed by atoms with Gasteiger partial charge in [0.05, 0.1) is 0 Å². The van der Waals surface area contributed by atoms with Crippen molar-refractivity contribution in [3.05, 3.63) is 12.2 Å². The second-order valence-corrected chi connectivity index (χ2v) is 1.86. The highest BCUT2D eigenvalue weighted by atomic mass is 16.2. The molecule has 0 radical (unpaired) electrons. The Bertz CT molecular complexity index is 223. The minimum absolute atomic E-state index is 0.542. The first-order valence-electron chi connectivity index (χ1n) is 2.69. The normalized spacial score (nSPS) is 16.7. The number of rotatable bonds is 0. The van der Waals surface area contributed by atoms with Gasteiger partial charge in [-0.1, -0.05) is 0 Å². The topological polar surface area (TPSA) is 54.5 Å². The average molecular weight is 139 g/mol. The van der Waals surface area contributed by atoms with Crippen LogP contribution in [0.25, 0.3) is 0 Å². The van der Waals surface area contributed by atoms with Crippen molar-refractivity contribution in [1.29, 1.82) is 0 Å². The quantitative estimate of drug-likeness (QED) is 0.423. The first kappa shape index (κ1) is 6.67. The number of nitrogens with zero attached hydrogens (tertiary/aromatic N) is 1. The summed E-state index contributed by atoms with van der Waals surface area (Å²) in [5.41, 5.74) is 0. The molecule has 0 aromatic carbocycles. The van der Waals surface area contributed by atoms with E-state index in [4.69, 9.17) is 0 Å². The lowest BCUT2D eigenvalue weighted by Crippen LogP contribution is -2.34. The Kier molecular flexibility index (Phi) is 1.37. The zero-order chi connectivity index (χ0) is 7.72. The summed E-state index contributed by atoms with van der Waals surface area (Å²) in [5.74, 6) is -1.66. The Hall–Kier alpha value is -1.45. The molecular formula is C6H5NO3. The summed E-state index contributed by atoms with van der Waals surface area (Å²) in [5, 5.41) is 0. The third kappa shape index (κ3) is 0.834. The van der Waals surface area contributed by atoms with Gasteiger partial charge in [0, 0.05) is 19.1 Å². The highest BCUT2D eigenvalue weighted by Crippen LogP contribution is 2.02. The maximum atomic E-state index is 10.6. The average Bonchev–Trinajstić information content (AvgIpc) is 2.11. The lowest BCUT2D eigenvalue weighted by Gasteiger charge is -2.06. The fraction of sp³-hybridized carbons (Fsp3) is 0.167. The van der Waals surface area contributed by atoms with Crippen molar-refractivity contribution in [2.75, 3.05) is 0 Å². The molecule has 1 rings (SSSR count). The van der Waals surface area contributed by atoms with E-state index < -0.39 is 17.7 Å². The molecule has 0 unspecified atom stereocenters. The Labute approximate surface area is 57.1 Å². The van der Waals surface area contributed by atoms with Gasteiger partial charge in [-0.15, -0.1) is 0 Å². The van der Waals surface area contributed by atoms with Crippen LogP contribution in [0.5, 0.6) is 0 Å². The first-order valence-corrected chi connectivity index (χ1v) is 2.69. The summed E-state index contributed by atoms with van der Waals surface area (Å²) < 4.78 is 0. The van der Waals surface area contributed by atoms with Crippen molar-refractivity contribution in [2.45, 2.75) is 6.92 Å². The van der Waals surface area contributed by atoms with Gasteiger partial charge in [0.2, 0.25) is 5.91 Å². The predicted molar refractivity (Wildman–Crippen MR) is 31.7 cm³/mol. The fourth-order valence-electron chi connectivity index (χ4n) is 0.711. The smallest absolute Gasteiger partial charge is 0.260 e. The van der Waals surface area contributed by atoms with E-state index in [1.165, 1.54) is 6.92 Å². The van der Waals surface area contributed by atoms with Crippen molar-refractivity contribution < 1.29 is 14.4 Å². The number of carbonyl (C=O) groups excluding carboxylic acids is 3. The van der Waals surface area contributed by atoms with E-state index in [9.17, 15) is 14.4 Å². The van der Waals surface area contributed by atoms with Gasteiger partial charge < -0.3 is 0 Å². The molecule has 4 nitrogen and oxygen atoms in total. The first-order chi connectivity index (χ1) is 4.63. The molecule has 10 heavy (non-hydrogen) atoms. The number of imide groups is 3. The molecular weight excluding hydrogens is 134 g/mol. The minimum atomic E-state index is -0.558. The van der Waals surface area contributed by atoms with E-state index in [1.807, 2.05) is 0 Å². The maximum Gasteiger partial charge on any atom is 0.260 e. The zero-order valence-corrected chi connectivity index (χ0v) is 5.33. The van der Waals surface area contributed by atoms with Gasteiger partial charge in [0.1, 0.15) is 0 Å². The molecule has 0 N–H and O–H groups in total. The van der Waals surface area contributed by atoms with Gasteiger partial charge in [-0.05, 0) is 0 Å². The van der Waals surface area contributed by atoms with Crippen LogP contribution in [-0.4, -0.2) is 22.6 Å². The molecule has 0 atom stereocenters. The molecule has 0 bridgehead atoms. The van der Waals surface area contributed by atoms with Gasteiger partial charge in [-0.2, -0.15) is 0 Å². The summed E-state index contributed by atoms with van der Waals surface area (Å²) in [6.07, 6.45) is 2.15. The molecule has 52 valence electrons. The molecule has 0 aromatic heterocycles. The van der Waals surface area contributed by atoms with E-state index in [-0.39, 0.29) is 0 Å². The highest BCUT2D eigenvalue weighted by Gasteiger charge is 2.26. The Morgan fingerprint density at radius 2 is 1.70 bits per heavy atom. The largest absolute Gasteiger partial charge is 0.274 e. The van der Waals surface area contributed by atoms with Crippen molar-refractivity contribution >= 4 is 17.7 Å². The van der Waals surface area contributed by atoms with Gasteiger partial charge in [0.25, 0.3) is 11.8 Å². The summed E-state index contributed by atoms with van der Waals surface area (Å²) in [6, 6.07) is 0. The summed E-state index contributed by atoms with van der Waals surface area (Å²) in [7, 11) is 0. The van der Waals surface area contributed by atoms with Gasteiger partial charge >= 0.3 is 0 Å². The fourth-order valence-corrected chi connectivity index (χ4v) is 0.711.